The number of hydrogen-bond donors (Lipinski definition) is 1. The summed E-state index contributed by atoms with van der Waals surface area (Å²) < 4.78 is 16.2. The number of amides is 2. The van der Waals surface area contributed by atoms with Gasteiger partial charge in [0.05, 0.1) is 21.3 Å². The average molecular weight is 379 g/mol. The van der Waals surface area contributed by atoms with Crippen LogP contribution in [0, 0.1) is 0 Å². The standard InChI is InChI=1S/C21H34N2O4/c1-23(17-10-8-6-5-7-9-11-17)21(24)22-15-14-16-12-13-18(25-2)20(27-4)19(16)26-3/h12-13,17H,5-11,14-15H2,1-4H3,(H,22,24). The van der Waals surface area contributed by atoms with Crippen molar-refractivity contribution >= 4 is 6.03 Å². The van der Waals surface area contributed by atoms with Crippen LogP contribution < -0.4 is 19.5 Å². The summed E-state index contributed by atoms with van der Waals surface area (Å²) in [5.74, 6) is 1.86. The molecule has 1 N–H and O–H groups in total. The van der Waals surface area contributed by atoms with Gasteiger partial charge in [0, 0.05) is 25.2 Å². The zero-order valence-electron chi connectivity index (χ0n) is 17.2. The highest BCUT2D eigenvalue weighted by atomic mass is 16.5. The molecule has 1 aromatic rings. The number of methoxy groups -OCH3 is 3. The summed E-state index contributed by atoms with van der Waals surface area (Å²) in [6.45, 7) is 0.543. The molecule has 0 bridgehead atoms. The summed E-state index contributed by atoms with van der Waals surface area (Å²) in [4.78, 5) is 14.4. The van der Waals surface area contributed by atoms with Gasteiger partial charge in [0.15, 0.2) is 11.5 Å². The van der Waals surface area contributed by atoms with E-state index in [1.807, 2.05) is 24.1 Å². The third kappa shape index (κ3) is 5.68. The Bertz CT molecular complexity index is 598. The third-order valence-electron chi connectivity index (χ3n) is 5.40. The van der Waals surface area contributed by atoms with Crippen molar-refractivity contribution in [1.29, 1.82) is 0 Å². The number of nitrogens with one attached hydrogen (secondary N) is 1. The Kier molecular flexibility index (Phi) is 8.55. The number of nitrogens with zero attached hydrogens (tertiary/aromatic N) is 1. The van der Waals surface area contributed by atoms with E-state index in [-0.39, 0.29) is 6.03 Å². The molecule has 1 aromatic carbocycles. The zero-order valence-corrected chi connectivity index (χ0v) is 17.2. The largest absolute Gasteiger partial charge is 0.493 e. The molecule has 1 aliphatic rings. The first-order chi connectivity index (χ1) is 13.1. The number of carbonyl (C=O) groups excluding carboxylic acids is 1. The van der Waals surface area contributed by atoms with Crippen molar-refractivity contribution in [3.05, 3.63) is 17.7 Å². The average Bonchev–Trinajstić information content (AvgIpc) is 2.66. The second-order valence-electron chi connectivity index (χ2n) is 7.09. The molecule has 0 spiro atoms. The molecular weight excluding hydrogens is 344 g/mol. The topological polar surface area (TPSA) is 60.0 Å². The van der Waals surface area contributed by atoms with Crippen molar-refractivity contribution in [3.63, 3.8) is 0 Å². The monoisotopic (exact) mass is 378 g/mol. The minimum atomic E-state index is 0.0000157. The van der Waals surface area contributed by atoms with Crippen LogP contribution in [0.25, 0.3) is 0 Å². The minimum absolute atomic E-state index is 0.0000157. The van der Waals surface area contributed by atoms with Crippen LogP contribution in [0.3, 0.4) is 0 Å². The maximum atomic E-state index is 12.5. The van der Waals surface area contributed by atoms with Crippen LogP contribution in [0.1, 0.15) is 50.5 Å². The van der Waals surface area contributed by atoms with E-state index in [9.17, 15) is 4.79 Å². The van der Waals surface area contributed by atoms with Crippen LogP contribution in [-0.4, -0.2) is 51.9 Å². The van der Waals surface area contributed by atoms with E-state index in [2.05, 4.69) is 5.32 Å². The van der Waals surface area contributed by atoms with Crippen LogP contribution in [0.15, 0.2) is 12.1 Å². The van der Waals surface area contributed by atoms with Gasteiger partial charge in [-0.1, -0.05) is 38.2 Å². The Morgan fingerprint density at radius 1 is 1.00 bits per heavy atom. The Balaban J connectivity index is 1.92. The molecule has 1 saturated carbocycles. The van der Waals surface area contributed by atoms with E-state index >= 15 is 0 Å². The molecule has 0 unspecified atom stereocenters. The first-order valence-corrected chi connectivity index (χ1v) is 9.90. The van der Waals surface area contributed by atoms with Crippen LogP contribution >= 0.6 is 0 Å². The van der Waals surface area contributed by atoms with Gasteiger partial charge in [0.1, 0.15) is 0 Å². The summed E-state index contributed by atoms with van der Waals surface area (Å²) in [7, 11) is 6.72. The molecule has 0 radical (unpaired) electrons. The van der Waals surface area contributed by atoms with Crippen LogP contribution in [0.4, 0.5) is 4.79 Å². The van der Waals surface area contributed by atoms with Crippen molar-refractivity contribution < 1.29 is 19.0 Å². The van der Waals surface area contributed by atoms with Crippen molar-refractivity contribution in [2.75, 3.05) is 34.9 Å². The molecule has 0 aliphatic heterocycles. The molecule has 1 aliphatic carbocycles. The van der Waals surface area contributed by atoms with Gasteiger partial charge in [-0.3, -0.25) is 0 Å². The van der Waals surface area contributed by atoms with E-state index in [4.69, 9.17) is 14.2 Å². The fourth-order valence-electron chi connectivity index (χ4n) is 3.78. The predicted octanol–water partition coefficient (Wildman–Crippen LogP) is 4.01. The molecule has 2 rings (SSSR count). The SMILES string of the molecule is COc1ccc(CCNC(=O)N(C)C2CCCCCCC2)c(OC)c1OC. The van der Waals surface area contributed by atoms with Gasteiger partial charge in [-0.25, -0.2) is 4.79 Å². The molecule has 1 fully saturated rings. The summed E-state index contributed by atoms with van der Waals surface area (Å²) in [5.41, 5.74) is 0.976. The predicted molar refractivity (Wildman–Crippen MR) is 107 cm³/mol. The number of urea groups is 1. The van der Waals surface area contributed by atoms with Crippen LogP contribution in [-0.2, 0) is 6.42 Å². The summed E-state index contributed by atoms with van der Waals surface area (Å²) in [6.07, 6.45) is 9.19. The van der Waals surface area contributed by atoms with E-state index in [1.54, 1.807) is 21.3 Å². The molecular formula is C21H34N2O4. The van der Waals surface area contributed by atoms with Crippen LogP contribution in [0.5, 0.6) is 17.2 Å². The van der Waals surface area contributed by atoms with Gasteiger partial charge in [-0.2, -0.15) is 0 Å². The second kappa shape index (κ2) is 10.9. The Hall–Kier alpha value is -2.11. The van der Waals surface area contributed by atoms with Crippen molar-refractivity contribution in [1.82, 2.24) is 10.2 Å². The highest BCUT2D eigenvalue weighted by Crippen LogP contribution is 2.39. The van der Waals surface area contributed by atoms with Crippen molar-refractivity contribution in [2.45, 2.75) is 57.4 Å². The molecule has 2 amide bonds. The summed E-state index contributed by atoms with van der Waals surface area (Å²) in [6, 6.07) is 4.16. The van der Waals surface area contributed by atoms with E-state index < -0.39 is 0 Å². The fourth-order valence-corrected chi connectivity index (χ4v) is 3.78. The first-order valence-electron chi connectivity index (χ1n) is 9.90. The third-order valence-corrected chi connectivity index (χ3v) is 5.40. The van der Waals surface area contributed by atoms with E-state index in [1.165, 1.54) is 32.1 Å². The molecule has 0 atom stereocenters. The molecule has 0 saturated heterocycles. The number of benzene rings is 1. The van der Waals surface area contributed by atoms with Gasteiger partial charge in [0.2, 0.25) is 5.75 Å². The fraction of sp³-hybridized carbons (Fsp3) is 0.667. The highest BCUT2D eigenvalue weighted by molar-refractivity contribution is 5.74. The first kappa shape index (κ1) is 21.2. The summed E-state index contributed by atoms with van der Waals surface area (Å²) >= 11 is 0. The quantitative estimate of drug-likeness (QED) is 0.779. The van der Waals surface area contributed by atoms with Gasteiger partial charge in [0.25, 0.3) is 0 Å². The Morgan fingerprint density at radius 2 is 1.63 bits per heavy atom. The lowest BCUT2D eigenvalue weighted by Gasteiger charge is -2.30. The number of rotatable bonds is 7. The molecule has 27 heavy (non-hydrogen) atoms. The van der Waals surface area contributed by atoms with Crippen molar-refractivity contribution in [2.24, 2.45) is 0 Å². The molecule has 152 valence electrons. The lowest BCUT2D eigenvalue weighted by molar-refractivity contribution is 0.178. The normalized spacial score (nSPS) is 15.4. The zero-order chi connectivity index (χ0) is 19.6. The lowest BCUT2D eigenvalue weighted by Crippen LogP contribution is -2.44. The molecule has 0 aromatic heterocycles. The van der Waals surface area contributed by atoms with Crippen molar-refractivity contribution in [3.8, 4) is 17.2 Å². The second-order valence-corrected chi connectivity index (χ2v) is 7.09. The Morgan fingerprint density at radius 3 is 2.22 bits per heavy atom. The number of hydrogen-bond acceptors (Lipinski definition) is 4. The highest BCUT2D eigenvalue weighted by Gasteiger charge is 2.21. The molecule has 6 nitrogen and oxygen atoms in total. The number of carbonyl (C=O) groups is 1. The Labute approximate surface area is 163 Å². The van der Waals surface area contributed by atoms with Gasteiger partial charge in [-0.15, -0.1) is 0 Å². The molecule has 0 heterocycles. The maximum Gasteiger partial charge on any atom is 0.317 e. The van der Waals surface area contributed by atoms with Gasteiger partial charge in [-0.05, 0) is 25.3 Å². The van der Waals surface area contributed by atoms with E-state index in [0.29, 0.717) is 36.3 Å². The summed E-state index contributed by atoms with van der Waals surface area (Å²) in [5, 5.41) is 3.04. The number of ether oxygens (including phenoxy) is 3. The van der Waals surface area contributed by atoms with Gasteiger partial charge >= 0.3 is 6.03 Å². The minimum Gasteiger partial charge on any atom is -0.493 e. The molecule has 6 heteroatoms. The maximum absolute atomic E-state index is 12.5. The lowest BCUT2D eigenvalue weighted by atomic mass is 9.96. The van der Waals surface area contributed by atoms with E-state index in [0.717, 1.165) is 18.4 Å². The van der Waals surface area contributed by atoms with Gasteiger partial charge < -0.3 is 24.4 Å². The van der Waals surface area contributed by atoms with Crippen LogP contribution in [0.2, 0.25) is 0 Å². The smallest absolute Gasteiger partial charge is 0.317 e.